The minimum Gasteiger partial charge on any atom is -0.457 e. The van der Waals surface area contributed by atoms with Crippen LogP contribution in [0.15, 0.2) is 48.5 Å². The molecule has 0 unspecified atom stereocenters. The summed E-state index contributed by atoms with van der Waals surface area (Å²) in [6.45, 7) is 0. The van der Waals surface area contributed by atoms with E-state index in [0.29, 0.717) is 5.75 Å². The van der Waals surface area contributed by atoms with Gasteiger partial charge in [0.2, 0.25) is 0 Å². The molecular weight excluding hydrogens is 277 g/mol. The van der Waals surface area contributed by atoms with Gasteiger partial charge in [0.1, 0.15) is 11.5 Å². The van der Waals surface area contributed by atoms with E-state index >= 15 is 0 Å². The summed E-state index contributed by atoms with van der Waals surface area (Å²) in [4.78, 5) is 0. The van der Waals surface area contributed by atoms with E-state index in [9.17, 15) is 13.2 Å². The van der Waals surface area contributed by atoms with Crippen LogP contribution in [0.1, 0.15) is 11.1 Å². The first kappa shape index (κ1) is 13.7. The maximum absolute atomic E-state index is 12.8. The molecule has 0 fully saturated rings. The predicted octanol–water partition coefficient (Wildman–Crippen LogP) is 5.24. The summed E-state index contributed by atoms with van der Waals surface area (Å²) in [7, 11) is 0. The lowest BCUT2D eigenvalue weighted by Crippen LogP contribution is -2.06. The lowest BCUT2D eigenvalue weighted by atomic mass is 10.2. The highest BCUT2D eigenvalue weighted by molar-refractivity contribution is 6.17. The van der Waals surface area contributed by atoms with Crippen LogP contribution in [0.2, 0.25) is 0 Å². The van der Waals surface area contributed by atoms with Gasteiger partial charge in [0.05, 0.1) is 5.56 Å². The maximum Gasteiger partial charge on any atom is 0.419 e. The fourth-order valence-electron chi connectivity index (χ4n) is 1.61. The summed E-state index contributed by atoms with van der Waals surface area (Å²) < 4.78 is 43.7. The fourth-order valence-corrected chi connectivity index (χ4v) is 1.78. The van der Waals surface area contributed by atoms with E-state index in [1.807, 2.05) is 0 Å². The number of hydrogen-bond donors (Lipinski definition) is 0. The minimum atomic E-state index is -4.44. The zero-order valence-electron chi connectivity index (χ0n) is 9.75. The van der Waals surface area contributed by atoms with Crippen molar-refractivity contribution in [2.24, 2.45) is 0 Å². The lowest BCUT2D eigenvalue weighted by molar-refractivity contribution is -0.138. The van der Waals surface area contributed by atoms with Crippen LogP contribution in [0, 0.1) is 0 Å². The first-order chi connectivity index (χ1) is 9.00. The van der Waals surface area contributed by atoms with E-state index in [1.165, 1.54) is 18.2 Å². The number of benzene rings is 2. The van der Waals surface area contributed by atoms with Crippen molar-refractivity contribution in [3.05, 3.63) is 59.7 Å². The zero-order chi connectivity index (χ0) is 13.9. The van der Waals surface area contributed by atoms with Crippen molar-refractivity contribution in [1.29, 1.82) is 0 Å². The average Bonchev–Trinajstić information content (AvgIpc) is 2.38. The monoisotopic (exact) mass is 286 g/mol. The number of alkyl halides is 4. The van der Waals surface area contributed by atoms with Crippen molar-refractivity contribution >= 4 is 11.6 Å². The third kappa shape index (κ3) is 3.41. The van der Waals surface area contributed by atoms with Crippen LogP contribution in [0.5, 0.6) is 11.5 Å². The van der Waals surface area contributed by atoms with Gasteiger partial charge in [-0.3, -0.25) is 0 Å². The summed E-state index contributed by atoms with van der Waals surface area (Å²) in [6, 6.07) is 11.7. The molecule has 0 radical (unpaired) electrons. The molecule has 2 aromatic rings. The number of halogens is 4. The second kappa shape index (κ2) is 5.53. The Labute approximate surface area is 113 Å². The van der Waals surface area contributed by atoms with Gasteiger partial charge in [-0.2, -0.15) is 13.2 Å². The van der Waals surface area contributed by atoms with Crippen LogP contribution in [-0.4, -0.2) is 0 Å². The molecule has 0 aliphatic rings. The molecule has 5 heteroatoms. The predicted molar refractivity (Wildman–Crippen MR) is 67.5 cm³/mol. The molecule has 2 aromatic carbocycles. The highest BCUT2D eigenvalue weighted by Crippen LogP contribution is 2.37. The van der Waals surface area contributed by atoms with Crippen LogP contribution in [-0.2, 0) is 12.1 Å². The Bertz CT molecular complexity index is 567. The molecule has 0 N–H and O–H groups in total. The first-order valence-electron chi connectivity index (χ1n) is 5.49. The number of hydrogen-bond acceptors (Lipinski definition) is 1. The van der Waals surface area contributed by atoms with Crippen LogP contribution in [0.4, 0.5) is 13.2 Å². The summed E-state index contributed by atoms with van der Waals surface area (Å²) in [5.74, 6) is 0.384. The molecule has 0 bridgehead atoms. The van der Waals surface area contributed by atoms with Crippen molar-refractivity contribution in [3.8, 4) is 11.5 Å². The van der Waals surface area contributed by atoms with Gasteiger partial charge in [-0.25, -0.2) is 0 Å². The quantitative estimate of drug-likeness (QED) is 0.701. The second-order valence-corrected chi connectivity index (χ2v) is 4.14. The van der Waals surface area contributed by atoms with Gasteiger partial charge in [-0.1, -0.05) is 24.3 Å². The SMILES string of the molecule is FC(F)(F)c1ccccc1Oc1cccc(CCl)c1. The molecular formula is C14H10ClF3O. The summed E-state index contributed by atoms with van der Waals surface area (Å²) in [5, 5.41) is 0. The van der Waals surface area contributed by atoms with E-state index < -0.39 is 11.7 Å². The van der Waals surface area contributed by atoms with Crippen molar-refractivity contribution < 1.29 is 17.9 Å². The van der Waals surface area contributed by atoms with Gasteiger partial charge in [-0.05, 0) is 29.8 Å². The Balaban J connectivity index is 2.33. The Morgan fingerprint density at radius 2 is 1.74 bits per heavy atom. The lowest BCUT2D eigenvalue weighted by Gasteiger charge is -2.13. The Morgan fingerprint density at radius 3 is 2.42 bits per heavy atom. The molecule has 0 aliphatic carbocycles. The van der Waals surface area contributed by atoms with Crippen molar-refractivity contribution in [2.45, 2.75) is 12.1 Å². The van der Waals surface area contributed by atoms with Crippen LogP contribution < -0.4 is 4.74 Å². The standard InChI is InChI=1S/C14H10ClF3O/c15-9-10-4-3-5-11(8-10)19-13-7-2-1-6-12(13)14(16,17)18/h1-8H,9H2. The Hall–Kier alpha value is -1.68. The van der Waals surface area contributed by atoms with Crippen molar-refractivity contribution in [3.63, 3.8) is 0 Å². The molecule has 0 aromatic heterocycles. The molecule has 0 amide bonds. The van der Waals surface area contributed by atoms with Gasteiger partial charge < -0.3 is 4.74 Å². The van der Waals surface area contributed by atoms with Crippen LogP contribution >= 0.6 is 11.6 Å². The van der Waals surface area contributed by atoms with Gasteiger partial charge in [0, 0.05) is 5.88 Å². The minimum absolute atomic E-state index is 0.221. The number of rotatable bonds is 3. The van der Waals surface area contributed by atoms with Gasteiger partial charge in [-0.15, -0.1) is 11.6 Å². The van der Waals surface area contributed by atoms with Gasteiger partial charge in [0.15, 0.2) is 0 Å². The molecule has 0 atom stereocenters. The topological polar surface area (TPSA) is 9.23 Å². The van der Waals surface area contributed by atoms with E-state index in [2.05, 4.69) is 0 Å². The molecule has 0 spiro atoms. The Kier molecular flexibility index (Phi) is 4.00. The maximum atomic E-state index is 12.8. The van der Waals surface area contributed by atoms with Gasteiger partial charge in [0.25, 0.3) is 0 Å². The molecule has 1 nitrogen and oxygen atoms in total. The zero-order valence-corrected chi connectivity index (χ0v) is 10.5. The van der Waals surface area contributed by atoms with Crippen LogP contribution in [0.25, 0.3) is 0 Å². The third-order valence-electron chi connectivity index (χ3n) is 2.47. The summed E-state index contributed by atoms with van der Waals surface area (Å²) in [6.07, 6.45) is -4.44. The van der Waals surface area contributed by atoms with Crippen molar-refractivity contribution in [1.82, 2.24) is 0 Å². The molecule has 100 valence electrons. The molecule has 0 saturated carbocycles. The molecule has 0 saturated heterocycles. The molecule has 2 rings (SSSR count). The van der Waals surface area contributed by atoms with Gasteiger partial charge >= 0.3 is 6.18 Å². The second-order valence-electron chi connectivity index (χ2n) is 3.88. The van der Waals surface area contributed by atoms with E-state index in [0.717, 1.165) is 11.6 Å². The molecule has 0 heterocycles. The normalized spacial score (nSPS) is 11.4. The van der Waals surface area contributed by atoms with E-state index in [1.54, 1.807) is 24.3 Å². The third-order valence-corrected chi connectivity index (χ3v) is 2.78. The smallest absolute Gasteiger partial charge is 0.419 e. The first-order valence-corrected chi connectivity index (χ1v) is 6.03. The summed E-state index contributed by atoms with van der Waals surface area (Å²) >= 11 is 5.67. The fraction of sp³-hybridized carbons (Fsp3) is 0.143. The van der Waals surface area contributed by atoms with E-state index in [-0.39, 0.29) is 11.6 Å². The Morgan fingerprint density at radius 1 is 1.00 bits per heavy atom. The molecule has 0 aliphatic heterocycles. The molecule has 19 heavy (non-hydrogen) atoms. The highest BCUT2D eigenvalue weighted by Gasteiger charge is 2.34. The number of para-hydroxylation sites is 1. The number of ether oxygens (including phenoxy) is 1. The summed E-state index contributed by atoms with van der Waals surface area (Å²) in [5.41, 5.74) is -0.0186. The average molecular weight is 287 g/mol. The van der Waals surface area contributed by atoms with Crippen molar-refractivity contribution in [2.75, 3.05) is 0 Å². The van der Waals surface area contributed by atoms with Crippen LogP contribution in [0.3, 0.4) is 0 Å². The highest BCUT2D eigenvalue weighted by atomic mass is 35.5. The largest absolute Gasteiger partial charge is 0.457 e. The van der Waals surface area contributed by atoms with E-state index in [4.69, 9.17) is 16.3 Å².